The molecule has 2 rings (SSSR count). The molecule has 4 heteroatoms. The molecule has 0 aliphatic carbocycles. The highest BCUT2D eigenvalue weighted by atomic mass is 79.9. The van der Waals surface area contributed by atoms with E-state index in [2.05, 4.69) is 26.3 Å². The molecule has 0 aliphatic rings. The summed E-state index contributed by atoms with van der Waals surface area (Å²) in [5.74, 6) is 5.48. The summed E-state index contributed by atoms with van der Waals surface area (Å²) in [6.07, 6.45) is 0. The number of pyridine rings is 1. The summed E-state index contributed by atoms with van der Waals surface area (Å²) in [6.45, 7) is 4.00. The summed E-state index contributed by atoms with van der Waals surface area (Å²) in [5, 5.41) is 1.05. The monoisotopic (exact) mass is 265 g/mol. The standard InChI is InChI=1S/C11H12BrN3/c1-6-5-10(15-13)8-3-4-9(12)7(2)11(8)14-6/h3-5H,13H2,1-2H3,(H,14,15). The first-order chi connectivity index (χ1) is 7.13. The molecule has 0 bridgehead atoms. The molecule has 1 aromatic heterocycles. The van der Waals surface area contributed by atoms with E-state index in [4.69, 9.17) is 5.84 Å². The Balaban J connectivity index is 2.89. The van der Waals surface area contributed by atoms with Gasteiger partial charge in [0, 0.05) is 15.6 Å². The first-order valence-corrected chi connectivity index (χ1v) is 5.46. The molecule has 0 unspecified atom stereocenters. The number of nitrogens with zero attached hydrogens (tertiary/aromatic N) is 1. The lowest BCUT2D eigenvalue weighted by atomic mass is 10.1. The largest absolute Gasteiger partial charge is 0.323 e. The molecule has 0 amide bonds. The topological polar surface area (TPSA) is 50.9 Å². The number of anilines is 1. The number of aryl methyl sites for hydroxylation is 2. The highest BCUT2D eigenvalue weighted by Gasteiger charge is 2.07. The number of benzene rings is 1. The van der Waals surface area contributed by atoms with Gasteiger partial charge in [0.25, 0.3) is 0 Å². The second-order valence-electron chi connectivity index (χ2n) is 3.52. The van der Waals surface area contributed by atoms with E-state index in [0.717, 1.165) is 32.3 Å². The number of fused-ring (bicyclic) bond motifs is 1. The average Bonchev–Trinajstić information content (AvgIpc) is 2.23. The molecule has 0 aliphatic heterocycles. The Labute approximate surface area is 96.8 Å². The van der Waals surface area contributed by atoms with Crippen LogP contribution in [0.2, 0.25) is 0 Å². The molecule has 1 aromatic carbocycles. The van der Waals surface area contributed by atoms with Gasteiger partial charge in [-0.2, -0.15) is 0 Å². The highest BCUT2D eigenvalue weighted by molar-refractivity contribution is 9.10. The van der Waals surface area contributed by atoms with E-state index >= 15 is 0 Å². The van der Waals surface area contributed by atoms with E-state index in [-0.39, 0.29) is 0 Å². The number of nitrogens with two attached hydrogens (primary N) is 1. The fraction of sp³-hybridized carbons (Fsp3) is 0.182. The molecule has 15 heavy (non-hydrogen) atoms. The first kappa shape index (κ1) is 10.4. The van der Waals surface area contributed by atoms with Crippen LogP contribution < -0.4 is 11.3 Å². The van der Waals surface area contributed by atoms with Crippen molar-refractivity contribution in [2.24, 2.45) is 5.84 Å². The third-order valence-corrected chi connectivity index (χ3v) is 3.31. The molecule has 0 atom stereocenters. The van der Waals surface area contributed by atoms with Crippen molar-refractivity contribution < 1.29 is 0 Å². The molecule has 2 aromatic rings. The number of nitrogens with one attached hydrogen (secondary N) is 1. The predicted molar refractivity (Wildman–Crippen MR) is 66.7 cm³/mol. The number of aromatic nitrogens is 1. The van der Waals surface area contributed by atoms with Gasteiger partial charge in [-0.1, -0.05) is 15.9 Å². The SMILES string of the molecule is Cc1cc(NN)c2ccc(Br)c(C)c2n1. The van der Waals surface area contributed by atoms with E-state index in [1.807, 2.05) is 32.0 Å². The van der Waals surface area contributed by atoms with Crippen LogP contribution in [-0.2, 0) is 0 Å². The van der Waals surface area contributed by atoms with Gasteiger partial charge in [-0.15, -0.1) is 0 Å². The third kappa shape index (κ3) is 1.70. The minimum atomic E-state index is 0.910. The number of hydrazine groups is 1. The van der Waals surface area contributed by atoms with Gasteiger partial charge in [0.1, 0.15) is 0 Å². The van der Waals surface area contributed by atoms with Crippen LogP contribution in [0.5, 0.6) is 0 Å². The molecule has 0 fully saturated rings. The second-order valence-corrected chi connectivity index (χ2v) is 4.38. The normalized spacial score (nSPS) is 10.7. The van der Waals surface area contributed by atoms with E-state index in [1.54, 1.807) is 0 Å². The molecule has 0 spiro atoms. The average molecular weight is 266 g/mol. The summed E-state index contributed by atoms with van der Waals surface area (Å²) in [4.78, 5) is 4.52. The number of halogens is 1. The summed E-state index contributed by atoms with van der Waals surface area (Å²) in [6, 6.07) is 5.96. The van der Waals surface area contributed by atoms with E-state index < -0.39 is 0 Å². The fourth-order valence-electron chi connectivity index (χ4n) is 1.65. The Morgan fingerprint density at radius 2 is 2.07 bits per heavy atom. The van der Waals surface area contributed by atoms with Crippen molar-refractivity contribution in [1.29, 1.82) is 0 Å². The molecule has 0 radical (unpaired) electrons. The lowest BCUT2D eigenvalue weighted by molar-refractivity contribution is 1.22. The zero-order chi connectivity index (χ0) is 11.0. The van der Waals surface area contributed by atoms with Gasteiger partial charge in [-0.05, 0) is 37.6 Å². The van der Waals surface area contributed by atoms with Gasteiger partial charge < -0.3 is 5.43 Å². The van der Waals surface area contributed by atoms with Crippen molar-refractivity contribution in [1.82, 2.24) is 4.98 Å². The smallest absolute Gasteiger partial charge is 0.0766 e. The zero-order valence-corrected chi connectivity index (χ0v) is 10.2. The van der Waals surface area contributed by atoms with Gasteiger partial charge in [-0.25, -0.2) is 0 Å². The second kappa shape index (κ2) is 3.79. The van der Waals surface area contributed by atoms with Crippen molar-refractivity contribution in [3.63, 3.8) is 0 Å². The Hall–Kier alpha value is -1.13. The lowest BCUT2D eigenvalue weighted by Gasteiger charge is -2.09. The zero-order valence-electron chi connectivity index (χ0n) is 8.63. The maximum atomic E-state index is 5.48. The summed E-state index contributed by atoms with van der Waals surface area (Å²) in [7, 11) is 0. The van der Waals surface area contributed by atoms with Gasteiger partial charge >= 0.3 is 0 Å². The van der Waals surface area contributed by atoms with Crippen LogP contribution in [0.1, 0.15) is 11.3 Å². The summed E-state index contributed by atoms with van der Waals surface area (Å²) in [5.41, 5.74) is 6.68. The Kier molecular flexibility index (Phi) is 2.63. The third-order valence-electron chi connectivity index (χ3n) is 2.45. The minimum Gasteiger partial charge on any atom is -0.323 e. The summed E-state index contributed by atoms with van der Waals surface area (Å²) >= 11 is 3.50. The predicted octanol–water partition coefficient (Wildman–Crippen LogP) is 2.90. The molecule has 0 saturated heterocycles. The Bertz CT molecular complexity index is 523. The van der Waals surface area contributed by atoms with Crippen LogP contribution in [0.3, 0.4) is 0 Å². The molecule has 3 nitrogen and oxygen atoms in total. The fourth-order valence-corrected chi connectivity index (χ4v) is 1.97. The maximum Gasteiger partial charge on any atom is 0.0766 e. The molecular formula is C11H12BrN3. The number of hydrogen-bond donors (Lipinski definition) is 2. The quantitative estimate of drug-likeness (QED) is 0.616. The molecule has 1 heterocycles. The van der Waals surface area contributed by atoms with Crippen LogP contribution >= 0.6 is 15.9 Å². The first-order valence-electron chi connectivity index (χ1n) is 4.66. The van der Waals surface area contributed by atoms with Crippen molar-refractivity contribution in [3.05, 3.63) is 33.9 Å². The minimum absolute atomic E-state index is 0.910. The van der Waals surface area contributed by atoms with Crippen LogP contribution in [0.4, 0.5) is 5.69 Å². The van der Waals surface area contributed by atoms with E-state index in [9.17, 15) is 0 Å². The number of hydrogen-bond acceptors (Lipinski definition) is 3. The van der Waals surface area contributed by atoms with Gasteiger partial charge in [0.2, 0.25) is 0 Å². The van der Waals surface area contributed by atoms with Crippen molar-refractivity contribution in [3.8, 4) is 0 Å². The Morgan fingerprint density at radius 3 is 2.73 bits per heavy atom. The molecular weight excluding hydrogens is 254 g/mol. The van der Waals surface area contributed by atoms with Crippen LogP contribution in [0.25, 0.3) is 10.9 Å². The lowest BCUT2D eigenvalue weighted by Crippen LogP contribution is -2.08. The van der Waals surface area contributed by atoms with Crippen LogP contribution in [0.15, 0.2) is 22.7 Å². The van der Waals surface area contributed by atoms with E-state index in [1.165, 1.54) is 0 Å². The van der Waals surface area contributed by atoms with Crippen molar-refractivity contribution in [2.75, 3.05) is 5.43 Å². The van der Waals surface area contributed by atoms with Gasteiger partial charge in [-0.3, -0.25) is 10.8 Å². The Morgan fingerprint density at radius 1 is 1.33 bits per heavy atom. The van der Waals surface area contributed by atoms with Crippen molar-refractivity contribution in [2.45, 2.75) is 13.8 Å². The van der Waals surface area contributed by atoms with E-state index in [0.29, 0.717) is 0 Å². The highest BCUT2D eigenvalue weighted by Crippen LogP contribution is 2.29. The van der Waals surface area contributed by atoms with Crippen LogP contribution in [0, 0.1) is 13.8 Å². The van der Waals surface area contributed by atoms with Gasteiger partial charge in [0.15, 0.2) is 0 Å². The molecule has 0 saturated carbocycles. The number of nitrogen functional groups attached to an aromatic ring is 1. The van der Waals surface area contributed by atoms with Gasteiger partial charge in [0.05, 0.1) is 11.2 Å². The number of rotatable bonds is 1. The molecule has 3 N–H and O–H groups in total. The summed E-state index contributed by atoms with van der Waals surface area (Å²) < 4.78 is 1.07. The maximum absolute atomic E-state index is 5.48. The van der Waals surface area contributed by atoms with Crippen molar-refractivity contribution >= 4 is 32.5 Å². The van der Waals surface area contributed by atoms with Crippen LogP contribution in [-0.4, -0.2) is 4.98 Å². The molecule has 78 valence electrons.